The molecule has 0 aliphatic carbocycles. The Hall–Kier alpha value is -1.26. The molecule has 0 saturated heterocycles. The van der Waals surface area contributed by atoms with E-state index < -0.39 is 6.09 Å². The Kier molecular flexibility index (Phi) is 8.29. The molecule has 0 atom stereocenters. The molecule has 94 valence electrons. The lowest BCUT2D eigenvalue weighted by Crippen LogP contribution is -2.45. The zero-order valence-corrected chi connectivity index (χ0v) is 10.2. The van der Waals surface area contributed by atoms with Gasteiger partial charge in [0.1, 0.15) is 0 Å². The molecule has 0 saturated carbocycles. The molecule has 0 radical (unpaired) electrons. The van der Waals surface area contributed by atoms with Crippen LogP contribution in [0.5, 0.6) is 0 Å². The van der Waals surface area contributed by atoms with Gasteiger partial charge in [-0.3, -0.25) is 10.2 Å². The Bertz CT molecular complexity index is 219. The number of carbonyl (C=O) groups is 2. The highest BCUT2D eigenvalue weighted by Crippen LogP contribution is 2.05. The molecule has 2 N–H and O–H groups in total. The molecule has 5 heteroatoms. The molecular weight excluding hydrogens is 208 g/mol. The van der Waals surface area contributed by atoms with E-state index in [4.69, 9.17) is 5.11 Å². The molecule has 5 nitrogen and oxygen atoms in total. The summed E-state index contributed by atoms with van der Waals surface area (Å²) >= 11 is 0. The van der Waals surface area contributed by atoms with Crippen LogP contribution in [-0.4, -0.2) is 28.7 Å². The van der Waals surface area contributed by atoms with Crippen LogP contribution in [0.15, 0.2) is 0 Å². The van der Waals surface area contributed by atoms with Gasteiger partial charge in [0.2, 0.25) is 5.91 Å². The number of hydrazine groups is 1. The monoisotopic (exact) mass is 230 g/mol. The minimum Gasteiger partial charge on any atom is -0.464 e. The molecule has 2 amide bonds. The highest BCUT2D eigenvalue weighted by atomic mass is 16.4. The van der Waals surface area contributed by atoms with Gasteiger partial charge in [-0.25, -0.2) is 9.80 Å². The molecule has 0 rings (SSSR count). The number of nitrogens with one attached hydrogen (secondary N) is 1. The van der Waals surface area contributed by atoms with Crippen LogP contribution in [0.2, 0.25) is 0 Å². The van der Waals surface area contributed by atoms with Crippen molar-refractivity contribution in [1.29, 1.82) is 0 Å². The molecule has 0 fully saturated rings. The molecule has 0 aliphatic heterocycles. The van der Waals surface area contributed by atoms with Crippen LogP contribution in [0.1, 0.15) is 52.4 Å². The minimum absolute atomic E-state index is 0.353. The van der Waals surface area contributed by atoms with Crippen molar-refractivity contribution in [3.8, 4) is 0 Å². The first-order chi connectivity index (χ1) is 7.57. The van der Waals surface area contributed by atoms with E-state index in [9.17, 15) is 9.59 Å². The molecule has 0 bridgehead atoms. The van der Waals surface area contributed by atoms with Crippen LogP contribution in [-0.2, 0) is 4.79 Å². The number of unbranched alkanes of at least 4 members (excludes halogenated alkanes) is 5. The summed E-state index contributed by atoms with van der Waals surface area (Å²) in [5, 5.41) is 9.72. The zero-order chi connectivity index (χ0) is 12.4. The number of rotatable bonds is 7. The maximum Gasteiger partial charge on any atom is 0.426 e. The maximum absolute atomic E-state index is 10.7. The summed E-state index contributed by atoms with van der Waals surface area (Å²) in [6, 6.07) is 0. The molecule has 0 aromatic carbocycles. The molecule has 0 spiro atoms. The van der Waals surface area contributed by atoms with Gasteiger partial charge in [-0.1, -0.05) is 39.0 Å². The van der Waals surface area contributed by atoms with Crippen molar-refractivity contribution in [3.63, 3.8) is 0 Å². The van der Waals surface area contributed by atoms with Crippen LogP contribution in [0.4, 0.5) is 4.79 Å². The van der Waals surface area contributed by atoms with E-state index in [0.717, 1.165) is 24.3 Å². The predicted octanol–water partition coefficient (Wildman–Crippen LogP) is 2.38. The zero-order valence-electron chi connectivity index (χ0n) is 10.2. The lowest BCUT2D eigenvalue weighted by atomic mass is 10.1. The summed E-state index contributed by atoms with van der Waals surface area (Å²) in [6.07, 6.45) is 5.44. The van der Waals surface area contributed by atoms with Crippen LogP contribution in [0, 0.1) is 0 Å². The van der Waals surface area contributed by atoms with Gasteiger partial charge in [-0.15, -0.1) is 0 Å². The first-order valence-corrected chi connectivity index (χ1v) is 5.85. The number of carbonyl (C=O) groups excluding carboxylic acids is 1. The second-order valence-corrected chi connectivity index (χ2v) is 3.87. The average Bonchev–Trinajstić information content (AvgIpc) is 2.20. The fraction of sp³-hybridized carbons (Fsp3) is 0.818. The van der Waals surface area contributed by atoms with E-state index in [1.165, 1.54) is 26.2 Å². The van der Waals surface area contributed by atoms with E-state index in [0.29, 0.717) is 6.54 Å². The highest BCUT2D eigenvalue weighted by Gasteiger charge is 2.11. The standard InChI is InChI=1S/C11H22N2O3/c1-3-4-5-6-7-8-9-13(11(15)16)12-10(2)14/h3-9H2,1-2H3,(H,12,14)(H,15,16). The SMILES string of the molecule is CCCCCCCCN(NC(C)=O)C(=O)O. The van der Waals surface area contributed by atoms with Gasteiger partial charge in [0, 0.05) is 13.5 Å². The Morgan fingerprint density at radius 2 is 1.69 bits per heavy atom. The second-order valence-electron chi connectivity index (χ2n) is 3.87. The maximum atomic E-state index is 10.7. The van der Waals surface area contributed by atoms with Crippen molar-refractivity contribution < 1.29 is 14.7 Å². The van der Waals surface area contributed by atoms with Gasteiger partial charge >= 0.3 is 6.09 Å². The van der Waals surface area contributed by atoms with Crippen LogP contribution < -0.4 is 5.43 Å². The molecule has 0 heterocycles. The first kappa shape index (κ1) is 14.7. The molecular formula is C11H22N2O3. The number of amides is 2. The fourth-order valence-electron chi connectivity index (χ4n) is 1.44. The van der Waals surface area contributed by atoms with Crippen molar-refractivity contribution >= 4 is 12.0 Å². The Balaban J connectivity index is 3.60. The van der Waals surface area contributed by atoms with Gasteiger partial charge in [-0.2, -0.15) is 0 Å². The van der Waals surface area contributed by atoms with E-state index >= 15 is 0 Å². The summed E-state index contributed by atoms with van der Waals surface area (Å²) in [5.74, 6) is -0.353. The second kappa shape index (κ2) is 9.00. The third kappa shape index (κ3) is 8.08. The normalized spacial score (nSPS) is 9.88. The van der Waals surface area contributed by atoms with Crippen molar-refractivity contribution in [3.05, 3.63) is 0 Å². The van der Waals surface area contributed by atoms with Gasteiger partial charge in [0.05, 0.1) is 0 Å². The van der Waals surface area contributed by atoms with Crippen LogP contribution in [0.3, 0.4) is 0 Å². The van der Waals surface area contributed by atoms with E-state index in [1.807, 2.05) is 0 Å². The molecule has 0 aromatic rings. The highest BCUT2D eigenvalue weighted by molar-refractivity contribution is 5.76. The van der Waals surface area contributed by atoms with Gasteiger partial charge < -0.3 is 5.11 Å². The van der Waals surface area contributed by atoms with Crippen molar-refractivity contribution in [2.75, 3.05) is 6.54 Å². The third-order valence-electron chi connectivity index (χ3n) is 2.26. The van der Waals surface area contributed by atoms with E-state index in [-0.39, 0.29) is 5.91 Å². The Labute approximate surface area is 96.8 Å². The number of hydrogen-bond donors (Lipinski definition) is 2. The molecule has 16 heavy (non-hydrogen) atoms. The predicted molar refractivity (Wildman–Crippen MR) is 61.9 cm³/mol. The van der Waals surface area contributed by atoms with Gasteiger partial charge in [0.25, 0.3) is 0 Å². The largest absolute Gasteiger partial charge is 0.464 e. The number of hydrogen-bond acceptors (Lipinski definition) is 2. The quantitative estimate of drug-likeness (QED) is 0.521. The first-order valence-electron chi connectivity index (χ1n) is 5.85. The summed E-state index contributed by atoms with van der Waals surface area (Å²) in [6.45, 7) is 3.82. The van der Waals surface area contributed by atoms with Gasteiger partial charge in [-0.05, 0) is 6.42 Å². The molecule has 0 unspecified atom stereocenters. The smallest absolute Gasteiger partial charge is 0.426 e. The summed E-state index contributed by atoms with van der Waals surface area (Å²) in [7, 11) is 0. The topological polar surface area (TPSA) is 69.6 Å². The Morgan fingerprint density at radius 3 is 2.19 bits per heavy atom. The van der Waals surface area contributed by atoms with Crippen LogP contribution in [0.25, 0.3) is 0 Å². The fourth-order valence-corrected chi connectivity index (χ4v) is 1.44. The van der Waals surface area contributed by atoms with Crippen molar-refractivity contribution in [2.45, 2.75) is 52.4 Å². The minimum atomic E-state index is -1.11. The lowest BCUT2D eigenvalue weighted by Gasteiger charge is -2.18. The summed E-state index contributed by atoms with van der Waals surface area (Å²) in [4.78, 5) is 21.4. The number of carboxylic acid groups (broad SMARTS) is 1. The third-order valence-corrected chi connectivity index (χ3v) is 2.26. The van der Waals surface area contributed by atoms with E-state index in [2.05, 4.69) is 12.3 Å². The Morgan fingerprint density at radius 1 is 1.12 bits per heavy atom. The van der Waals surface area contributed by atoms with Gasteiger partial charge in [0.15, 0.2) is 0 Å². The summed E-state index contributed by atoms with van der Waals surface area (Å²) < 4.78 is 0. The van der Waals surface area contributed by atoms with E-state index in [1.54, 1.807) is 0 Å². The molecule has 0 aromatic heterocycles. The lowest BCUT2D eigenvalue weighted by molar-refractivity contribution is -0.123. The number of nitrogens with zero attached hydrogens (tertiary/aromatic N) is 1. The average molecular weight is 230 g/mol. The van der Waals surface area contributed by atoms with Crippen molar-refractivity contribution in [2.24, 2.45) is 0 Å². The van der Waals surface area contributed by atoms with Crippen LogP contribution >= 0.6 is 0 Å². The summed E-state index contributed by atoms with van der Waals surface area (Å²) in [5.41, 5.74) is 2.28. The molecule has 0 aliphatic rings. The van der Waals surface area contributed by atoms with Crippen molar-refractivity contribution in [1.82, 2.24) is 10.4 Å².